The Bertz CT molecular complexity index is 462. The van der Waals surface area contributed by atoms with Crippen molar-refractivity contribution >= 4 is 24.0 Å². The predicted octanol–water partition coefficient (Wildman–Crippen LogP) is 2.46. The number of benzene rings is 1. The van der Waals surface area contributed by atoms with Crippen LogP contribution in [0, 0.1) is 5.92 Å². The van der Waals surface area contributed by atoms with Gasteiger partial charge in [-0.15, -0.1) is 12.4 Å². The fourth-order valence-electron chi connectivity index (χ4n) is 2.04. The molecule has 0 radical (unpaired) electrons. The van der Waals surface area contributed by atoms with Crippen molar-refractivity contribution in [3.05, 3.63) is 24.3 Å². The first kappa shape index (κ1) is 18.7. The predicted molar refractivity (Wildman–Crippen MR) is 89.9 cm³/mol. The fourth-order valence-corrected chi connectivity index (χ4v) is 2.04. The second-order valence-corrected chi connectivity index (χ2v) is 5.63. The number of hydrogen-bond donors (Lipinski definition) is 2. The number of halogens is 1. The van der Waals surface area contributed by atoms with Gasteiger partial charge in [-0.2, -0.15) is 0 Å². The average Bonchev–Trinajstić information content (AvgIpc) is 2.48. The highest BCUT2D eigenvalue weighted by Gasteiger charge is 2.21. The number of nitrogens with one attached hydrogen (secondary N) is 2. The van der Waals surface area contributed by atoms with Crippen molar-refractivity contribution in [3.63, 3.8) is 0 Å². The summed E-state index contributed by atoms with van der Waals surface area (Å²) in [5.74, 6) is 1.32. The van der Waals surface area contributed by atoms with Gasteiger partial charge in [0.05, 0.1) is 19.8 Å². The largest absolute Gasteiger partial charge is 0.494 e. The number of morpholine rings is 1. The molecule has 1 amide bonds. The van der Waals surface area contributed by atoms with Crippen molar-refractivity contribution in [2.24, 2.45) is 5.92 Å². The molecule has 0 bridgehead atoms. The summed E-state index contributed by atoms with van der Waals surface area (Å²) in [4.78, 5) is 12.1. The van der Waals surface area contributed by atoms with Gasteiger partial charge in [0.1, 0.15) is 11.8 Å². The first-order valence-corrected chi connectivity index (χ1v) is 7.50. The quantitative estimate of drug-likeness (QED) is 0.842. The minimum absolute atomic E-state index is 0. The third-order valence-electron chi connectivity index (χ3n) is 3.30. The Kier molecular flexibility index (Phi) is 8.24. The Morgan fingerprint density at radius 1 is 1.50 bits per heavy atom. The lowest BCUT2D eigenvalue weighted by atomic mass is 10.1. The maximum Gasteiger partial charge on any atom is 0.243 e. The van der Waals surface area contributed by atoms with E-state index in [1.807, 2.05) is 24.3 Å². The van der Waals surface area contributed by atoms with E-state index >= 15 is 0 Å². The highest BCUT2D eigenvalue weighted by Crippen LogP contribution is 2.18. The van der Waals surface area contributed by atoms with Gasteiger partial charge in [-0.25, -0.2) is 0 Å². The summed E-state index contributed by atoms with van der Waals surface area (Å²) < 4.78 is 11.0. The third-order valence-corrected chi connectivity index (χ3v) is 3.30. The molecule has 2 N–H and O–H groups in total. The van der Waals surface area contributed by atoms with Crippen LogP contribution >= 0.6 is 12.4 Å². The lowest BCUT2D eigenvalue weighted by Gasteiger charge is -2.23. The first-order valence-electron chi connectivity index (χ1n) is 7.50. The highest BCUT2D eigenvalue weighted by atomic mass is 35.5. The van der Waals surface area contributed by atoms with Crippen molar-refractivity contribution in [1.29, 1.82) is 0 Å². The molecule has 22 heavy (non-hydrogen) atoms. The maximum absolute atomic E-state index is 12.1. The van der Waals surface area contributed by atoms with Crippen molar-refractivity contribution in [3.8, 4) is 5.75 Å². The van der Waals surface area contributed by atoms with E-state index in [9.17, 15) is 4.79 Å². The van der Waals surface area contributed by atoms with Gasteiger partial charge >= 0.3 is 0 Å². The number of rotatable bonds is 6. The van der Waals surface area contributed by atoms with Crippen LogP contribution in [0.4, 0.5) is 5.69 Å². The third kappa shape index (κ3) is 6.22. The molecule has 1 aliphatic heterocycles. The molecule has 0 saturated carbocycles. The van der Waals surface area contributed by atoms with Crippen LogP contribution in [-0.4, -0.2) is 38.3 Å². The monoisotopic (exact) mass is 328 g/mol. The van der Waals surface area contributed by atoms with Crippen molar-refractivity contribution in [1.82, 2.24) is 5.32 Å². The summed E-state index contributed by atoms with van der Waals surface area (Å²) in [6.07, 6.45) is 1.01. The summed E-state index contributed by atoms with van der Waals surface area (Å²) in [5.41, 5.74) is 0.745. The van der Waals surface area contributed by atoms with Crippen LogP contribution in [0.3, 0.4) is 0 Å². The van der Waals surface area contributed by atoms with Gasteiger partial charge in [0.15, 0.2) is 0 Å². The summed E-state index contributed by atoms with van der Waals surface area (Å²) >= 11 is 0. The number of carbonyl (C=O) groups is 1. The normalized spacial score (nSPS) is 17.7. The highest BCUT2D eigenvalue weighted by molar-refractivity contribution is 5.95. The Hall–Kier alpha value is -1.30. The van der Waals surface area contributed by atoms with E-state index in [-0.39, 0.29) is 24.4 Å². The molecular formula is C16H25ClN2O3. The van der Waals surface area contributed by atoms with Gasteiger partial charge in [-0.3, -0.25) is 4.79 Å². The summed E-state index contributed by atoms with van der Waals surface area (Å²) in [6, 6.07) is 7.20. The first-order chi connectivity index (χ1) is 10.1. The molecule has 1 saturated heterocycles. The maximum atomic E-state index is 12.1. The molecule has 1 aromatic carbocycles. The number of hydrogen-bond acceptors (Lipinski definition) is 4. The summed E-state index contributed by atoms with van der Waals surface area (Å²) in [6.45, 7) is 6.79. The molecule has 1 heterocycles. The minimum atomic E-state index is -0.288. The van der Waals surface area contributed by atoms with Gasteiger partial charge in [0.25, 0.3) is 0 Å². The Morgan fingerprint density at radius 2 is 2.32 bits per heavy atom. The van der Waals surface area contributed by atoms with Crippen LogP contribution in [-0.2, 0) is 9.53 Å². The Labute approximate surface area is 138 Å². The summed E-state index contributed by atoms with van der Waals surface area (Å²) in [7, 11) is 0. The molecule has 1 unspecified atom stereocenters. The second-order valence-electron chi connectivity index (χ2n) is 5.63. The zero-order valence-electron chi connectivity index (χ0n) is 13.1. The van der Waals surface area contributed by atoms with Gasteiger partial charge in [-0.05, 0) is 24.5 Å². The number of anilines is 1. The molecule has 5 nitrogen and oxygen atoms in total. The molecule has 2 rings (SSSR count). The van der Waals surface area contributed by atoms with Gasteiger partial charge in [-0.1, -0.05) is 19.9 Å². The van der Waals surface area contributed by atoms with Crippen LogP contribution in [0.2, 0.25) is 0 Å². The second kappa shape index (κ2) is 9.66. The van der Waals surface area contributed by atoms with E-state index in [0.717, 1.165) is 17.9 Å². The molecule has 0 aromatic heterocycles. The van der Waals surface area contributed by atoms with Gasteiger partial charge in [0.2, 0.25) is 5.91 Å². The standard InChI is InChI=1S/C16H24N2O3.ClH/c1-12(2)6-8-21-14-5-3-4-13(10-14)18-16(19)15-11-20-9-7-17-15;/h3-5,10,12,15,17H,6-9,11H2,1-2H3,(H,18,19);1H. The smallest absolute Gasteiger partial charge is 0.243 e. The van der Waals surface area contributed by atoms with Crippen molar-refractivity contribution < 1.29 is 14.3 Å². The Morgan fingerprint density at radius 3 is 3.00 bits per heavy atom. The van der Waals surface area contributed by atoms with Crippen molar-refractivity contribution in [2.75, 3.05) is 31.7 Å². The van der Waals surface area contributed by atoms with Crippen LogP contribution in [0.5, 0.6) is 5.75 Å². The lowest BCUT2D eigenvalue weighted by molar-refractivity contribution is -0.120. The number of carbonyl (C=O) groups excluding carboxylic acids is 1. The van der Waals surface area contributed by atoms with Crippen LogP contribution in [0.1, 0.15) is 20.3 Å². The van der Waals surface area contributed by atoms with Gasteiger partial charge < -0.3 is 20.1 Å². The summed E-state index contributed by atoms with van der Waals surface area (Å²) in [5, 5.41) is 6.02. The van der Waals surface area contributed by atoms with E-state index in [0.29, 0.717) is 32.3 Å². The van der Waals surface area contributed by atoms with E-state index in [4.69, 9.17) is 9.47 Å². The molecule has 6 heteroatoms. The SMILES string of the molecule is CC(C)CCOc1cccc(NC(=O)C2COCCN2)c1.Cl. The van der Waals surface area contributed by atoms with Crippen LogP contribution < -0.4 is 15.4 Å². The van der Waals surface area contributed by atoms with Gasteiger partial charge in [0, 0.05) is 18.3 Å². The molecule has 124 valence electrons. The number of amides is 1. The van der Waals surface area contributed by atoms with Crippen LogP contribution in [0.25, 0.3) is 0 Å². The zero-order valence-corrected chi connectivity index (χ0v) is 13.9. The molecular weight excluding hydrogens is 304 g/mol. The lowest BCUT2D eigenvalue weighted by Crippen LogP contribution is -2.48. The number of ether oxygens (including phenoxy) is 2. The van der Waals surface area contributed by atoms with Crippen LogP contribution in [0.15, 0.2) is 24.3 Å². The molecule has 0 aliphatic carbocycles. The molecule has 0 spiro atoms. The fraction of sp³-hybridized carbons (Fsp3) is 0.562. The Balaban J connectivity index is 0.00000242. The van der Waals surface area contributed by atoms with E-state index in [1.54, 1.807) is 0 Å². The molecule has 1 aliphatic rings. The zero-order chi connectivity index (χ0) is 15.1. The molecule has 1 atom stereocenters. The molecule has 1 aromatic rings. The van der Waals surface area contributed by atoms with E-state index in [2.05, 4.69) is 24.5 Å². The van der Waals surface area contributed by atoms with E-state index in [1.165, 1.54) is 0 Å². The molecule has 1 fully saturated rings. The van der Waals surface area contributed by atoms with E-state index < -0.39 is 0 Å². The van der Waals surface area contributed by atoms with Crippen molar-refractivity contribution in [2.45, 2.75) is 26.3 Å². The minimum Gasteiger partial charge on any atom is -0.494 e. The average molecular weight is 329 g/mol. The topological polar surface area (TPSA) is 59.6 Å².